The van der Waals surface area contributed by atoms with Crippen LogP contribution >= 0.6 is 11.8 Å². The van der Waals surface area contributed by atoms with Gasteiger partial charge in [0, 0.05) is 6.20 Å². The van der Waals surface area contributed by atoms with Crippen molar-refractivity contribution in [3.63, 3.8) is 0 Å². The molecule has 1 aromatic heterocycles. The fourth-order valence-electron chi connectivity index (χ4n) is 1.65. The zero-order chi connectivity index (χ0) is 13.3. The molecular formula is C11H13N3O3S. The molecule has 1 unspecified atom stereocenters. The second kappa shape index (κ2) is 4.49. The molecular weight excluding hydrogens is 254 g/mol. The third-order valence-electron chi connectivity index (χ3n) is 2.56. The lowest BCUT2D eigenvalue weighted by atomic mass is 10.0. The van der Waals surface area contributed by atoms with Crippen LogP contribution in [0.3, 0.4) is 0 Å². The Morgan fingerprint density at radius 3 is 2.89 bits per heavy atom. The van der Waals surface area contributed by atoms with Gasteiger partial charge < -0.3 is 15.4 Å². The van der Waals surface area contributed by atoms with Crippen LogP contribution in [0.2, 0.25) is 0 Å². The number of thioether (sulfide) groups is 1. The number of nitrogens with one attached hydrogen (secondary N) is 2. The number of hydrogen-bond acceptors (Lipinski definition) is 5. The van der Waals surface area contributed by atoms with E-state index in [1.165, 1.54) is 18.0 Å². The van der Waals surface area contributed by atoms with Crippen LogP contribution in [0, 0.1) is 0 Å². The summed E-state index contributed by atoms with van der Waals surface area (Å²) < 4.78 is -0.532. The molecule has 0 fully saturated rings. The highest BCUT2D eigenvalue weighted by Crippen LogP contribution is 2.37. The van der Waals surface area contributed by atoms with Crippen LogP contribution in [0.1, 0.15) is 13.8 Å². The zero-order valence-electron chi connectivity index (χ0n) is 9.93. The first kappa shape index (κ1) is 12.7. The molecule has 0 aliphatic carbocycles. The normalized spacial score (nSPS) is 21.4. The van der Waals surface area contributed by atoms with E-state index in [4.69, 9.17) is 5.11 Å². The van der Waals surface area contributed by atoms with Gasteiger partial charge in [-0.05, 0) is 26.0 Å². The summed E-state index contributed by atoms with van der Waals surface area (Å²) in [6.45, 7) is 3.62. The number of carboxylic acid groups (broad SMARTS) is 1. The van der Waals surface area contributed by atoms with Crippen LogP contribution in [0.5, 0.6) is 0 Å². The van der Waals surface area contributed by atoms with Crippen molar-refractivity contribution in [1.82, 2.24) is 4.98 Å². The number of pyridine rings is 1. The molecule has 0 spiro atoms. The van der Waals surface area contributed by atoms with Gasteiger partial charge in [0.2, 0.25) is 0 Å². The topological polar surface area (TPSA) is 94.5 Å². The SMILES string of the molecule is CC1(C)SC(Nc2ccc[nH]c2=O)=NC1C(=O)O. The average Bonchev–Trinajstić information content (AvgIpc) is 2.57. The van der Waals surface area contributed by atoms with Gasteiger partial charge in [-0.2, -0.15) is 0 Å². The number of hydrogen-bond donors (Lipinski definition) is 3. The molecule has 2 rings (SSSR count). The second-order valence-electron chi connectivity index (χ2n) is 4.42. The van der Waals surface area contributed by atoms with E-state index in [0.717, 1.165) is 0 Å². The van der Waals surface area contributed by atoms with E-state index < -0.39 is 16.8 Å². The molecule has 0 saturated heterocycles. The van der Waals surface area contributed by atoms with Gasteiger partial charge in [0.15, 0.2) is 11.2 Å². The summed E-state index contributed by atoms with van der Waals surface area (Å²) in [7, 11) is 0. The smallest absolute Gasteiger partial charge is 0.329 e. The zero-order valence-corrected chi connectivity index (χ0v) is 10.7. The van der Waals surface area contributed by atoms with E-state index in [0.29, 0.717) is 10.9 Å². The summed E-state index contributed by atoms with van der Waals surface area (Å²) in [5, 5.41) is 12.4. The van der Waals surface area contributed by atoms with Crippen LogP contribution in [0.4, 0.5) is 5.69 Å². The summed E-state index contributed by atoms with van der Waals surface area (Å²) >= 11 is 1.31. The van der Waals surface area contributed by atoms with E-state index in [1.54, 1.807) is 12.1 Å². The Bertz CT molecular complexity index is 565. The Labute approximate surface area is 108 Å². The molecule has 18 heavy (non-hydrogen) atoms. The molecule has 0 radical (unpaired) electrons. The lowest BCUT2D eigenvalue weighted by molar-refractivity contribution is -0.138. The number of aliphatic imine (C=N–C) groups is 1. The predicted molar refractivity (Wildman–Crippen MR) is 71.2 cm³/mol. The minimum Gasteiger partial charge on any atom is -0.480 e. The lowest BCUT2D eigenvalue weighted by Gasteiger charge is -2.20. The predicted octanol–water partition coefficient (Wildman–Crippen LogP) is 1.12. The number of aromatic amines is 1. The lowest BCUT2D eigenvalue weighted by Crippen LogP contribution is -2.34. The standard InChI is InChI=1S/C11H13N3O3S/c1-11(2)7(9(16)17)14-10(18-11)13-6-4-3-5-12-8(6)15/h3-5,7H,1-2H3,(H,12,15)(H,13,14)(H,16,17). The molecule has 2 heterocycles. The first-order valence-electron chi connectivity index (χ1n) is 5.34. The molecule has 1 aliphatic rings. The maximum atomic E-state index is 11.5. The van der Waals surface area contributed by atoms with E-state index >= 15 is 0 Å². The van der Waals surface area contributed by atoms with Crippen LogP contribution in [0.25, 0.3) is 0 Å². The van der Waals surface area contributed by atoms with Gasteiger partial charge in [0.1, 0.15) is 5.69 Å². The number of nitrogens with zero attached hydrogens (tertiary/aromatic N) is 1. The first-order valence-corrected chi connectivity index (χ1v) is 6.16. The van der Waals surface area contributed by atoms with Crippen molar-refractivity contribution in [1.29, 1.82) is 0 Å². The number of carbonyl (C=O) groups is 1. The Balaban J connectivity index is 2.22. The van der Waals surface area contributed by atoms with Gasteiger partial charge in [-0.1, -0.05) is 11.8 Å². The molecule has 1 atom stereocenters. The summed E-state index contributed by atoms with van der Waals surface area (Å²) in [4.78, 5) is 29.2. The molecule has 6 nitrogen and oxygen atoms in total. The van der Waals surface area contributed by atoms with E-state index in [-0.39, 0.29) is 5.56 Å². The maximum Gasteiger partial charge on any atom is 0.329 e. The molecule has 0 saturated carbocycles. The van der Waals surface area contributed by atoms with Crippen molar-refractivity contribution >= 4 is 28.6 Å². The number of carboxylic acids is 1. The quantitative estimate of drug-likeness (QED) is 0.746. The largest absolute Gasteiger partial charge is 0.480 e. The average molecular weight is 267 g/mol. The number of amidine groups is 1. The Kier molecular flexibility index (Phi) is 3.16. The van der Waals surface area contributed by atoms with Gasteiger partial charge in [0.05, 0.1) is 4.75 Å². The van der Waals surface area contributed by atoms with Gasteiger partial charge in [-0.3, -0.25) is 4.79 Å². The van der Waals surface area contributed by atoms with Gasteiger partial charge in [0.25, 0.3) is 5.56 Å². The summed E-state index contributed by atoms with van der Waals surface area (Å²) in [6, 6.07) is 2.49. The molecule has 3 N–H and O–H groups in total. The van der Waals surface area contributed by atoms with Gasteiger partial charge in [-0.25, -0.2) is 9.79 Å². The number of aliphatic carboxylic acids is 1. The van der Waals surface area contributed by atoms with Crippen molar-refractivity contribution in [2.45, 2.75) is 24.6 Å². The molecule has 96 valence electrons. The Morgan fingerprint density at radius 2 is 2.33 bits per heavy atom. The van der Waals surface area contributed by atoms with E-state index in [9.17, 15) is 9.59 Å². The monoisotopic (exact) mass is 267 g/mol. The Morgan fingerprint density at radius 1 is 1.61 bits per heavy atom. The molecule has 1 aliphatic heterocycles. The highest BCUT2D eigenvalue weighted by molar-refractivity contribution is 8.15. The summed E-state index contributed by atoms with van der Waals surface area (Å²) in [5.74, 6) is -0.966. The van der Waals surface area contributed by atoms with Crippen molar-refractivity contribution in [3.05, 3.63) is 28.7 Å². The molecule has 1 aromatic rings. The van der Waals surface area contributed by atoms with E-state index in [2.05, 4.69) is 15.3 Å². The van der Waals surface area contributed by atoms with Crippen molar-refractivity contribution in [2.24, 2.45) is 4.99 Å². The van der Waals surface area contributed by atoms with Crippen molar-refractivity contribution in [2.75, 3.05) is 5.32 Å². The fraction of sp³-hybridized carbons (Fsp3) is 0.364. The van der Waals surface area contributed by atoms with Crippen molar-refractivity contribution < 1.29 is 9.90 Å². The highest BCUT2D eigenvalue weighted by Gasteiger charge is 2.42. The number of anilines is 1. The molecule has 0 aromatic carbocycles. The summed E-state index contributed by atoms with van der Waals surface area (Å²) in [5.41, 5.74) is 0.0861. The minimum atomic E-state index is -0.966. The van der Waals surface area contributed by atoms with Crippen LogP contribution in [0.15, 0.2) is 28.1 Å². The third-order valence-corrected chi connectivity index (χ3v) is 3.71. The van der Waals surface area contributed by atoms with Crippen LogP contribution in [-0.2, 0) is 4.79 Å². The van der Waals surface area contributed by atoms with Crippen LogP contribution in [-0.4, -0.2) is 32.0 Å². The summed E-state index contributed by atoms with van der Waals surface area (Å²) in [6.07, 6.45) is 1.53. The molecule has 0 bridgehead atoms. The van der Waals surface area contributed by atoms with Gasteiger partial charge in [-0.15, -0.1) is 0 Å². The fourth-order valence-corrected chi connectivity index (χ4v) is 2.73. The van der Waals surface area contributed by atoms with Crippen molar-refractivity contribution in [3.8, 4) is 0 Å². The second-order valence-corrected chi connectivity index (χ2v) is 6.06. The molecule has 0 amide bonds. The maximum absolute atomic E-state index is 11.5. The first-order chi connectivity index (χ1) is 8.40. The Hall–Kier alpha value is -1.76. The number of H-pyrrole nitrogens is 1. The molecule has 7 heteroatoms. The van der Waals surface area contributed by atoms with E-state index in [1.807, 2.05) is 13.8 Å². The van der Waals surface area contributed by atoms with Crippen LogP contribution < -0.4 is 10.9 Å². The third kappa shape index (κ3) is 2.40. The number of rotatable bonds is 2. The van der Waals surface area contributed by atoms with Gasteiger partial charge >= 0.3 is 5.97 Å². The number of aromatic nitrogens is 1. The minimum absolute atomic E-state index is 0.266. The highest BCUT2D eigenvalue weighted by atomic mass is 32.2.